The molecule has 1 aromatic heterocycles. The number of fused-ring (bicyclic) bond motifs is 1. The molecule has 186 valence electrons. The third-order valence-electron chi connectivity index (χ3n) is 5.47. The Labute approximate surface area is 223 Å². The van der Waals surface area contributed by atoms with Gasteiger partial charge >= 0.3 is 0 Å². The number of hydrazone groups is 1. The summed E-state index contributed by atoms with van der Waals surface area (Å²) in [6.45, 7) is 2.45. The molecule has 0 fully saturated rings. The largest absolute Gasteiger partial charge is 0.280 e. The number of aromatic nitrogens is 1. The van der Waals surface area contributed by atoms with Crippen molar-refractivity contribution in [1.82, 2.24) is 9.29 Å². The number of nitrogens with zero attached hydrogens (tertiary/aromatic N) is 4. The summed E-state index contributed by atoms with van der Waals surface area (Å²) in [5, 5.41) is 6.13. The number of sulfonamides is 1. The molecule has 4 rings (SSSR count). The molecule has 0 aliphatic heterocycles. The highest BCUT2D eigenvalue weighted by molar-refractivity contribution is 9.10. The zero-order valence-electron chi connectivity index (χ0n) is 19.8. The summed E-state index contributed by atoms with van der Waals surface area (Å²) < 4.78 is 28.9. The van der Waals surface area contributed by atoms with Crippen molar-refractivity contribution in [2.24, 2.45) is 5.10 Å². The summed E-state index contributed by atoms with van der Waals surface area (Å²) in [5.74, 6) is -0.413. The molecule has 0 N–H and O–H groups in total. The zero-order chi connectivity index (χ0) is 25.7. The van der Waals surface area contributed by atoms with Gasteiger partial charge in [0, 0.05) is 23.6 Å². The number of rotatable bonds is 9. The van der Waals surface area contributed by atoms with Gasteiger partial charge < -0.3 is 0 Å². The van der Waals surface area contributed by atoms with E-state index in [4.69, 9.17) is 0 Å². The molecular formula is C26H25BrN4O3S2. The lowest BCUT2D eigenvalue weighted by molar-refractivity contribution is 0.0987. The summed E-state index contributed by atoms with van der Waals surface area (Å²) in [4.78, 5) is 18.3. The fraction of sp³-hybridized carbons (Fsp3) is 0.192. The van der Waals surface area contributed by atoms with Crippen LogP contribution in [0.2, 0.25) is 0 Å². The molecule has 4 aromatic rings. The number of benzene rings is 3. The van der Waals surface area contributed by atoms with Crippen molar-refractivity contribution in [3.8, 4) is 0 Å². The van der Waals surface area contributed by atoms with Gasteiger partial charge in [0.2, 0.25) is 15.2 Å². The van der Waals surface area contributed by atoms with Crippen LogP contribution in [0.15, 0.2) is 87.3 Å². The first-order valence-electron chi connectivity index (χ1n) is 11.4. The molecule has 10 heteroatoms. The van der Waals surface area contributed by atoms with Gasteiger partial charge in [0.15, 0.2) is 0 Å². The van der Waals surface area contributed by atoms with E-state index in [0.29, 0.717) is 17.2 Å². The molecule has 7 nitrogen and oxygen atoms in total. The highest BCUT2D eigenvalue weighted by atomic mass is 79.9. The van der Waals surface area contributed by atoms with Crippen LogP contribution < -0.4 is 5.01 Å². The topological polar surface area (TPSA) is 82.9 Å². The van der Waals surface area contributed by atoms with Crippen LogP contribution in [0.25, 0.3) is 10.2 Å². The maximum Gasteiger partial charge on any atom is 0.280 e. The van der Waals surface area contributed by atoms with Crippen LogP contribution in [0.3, 0.4) is 0 Å². The normalized spacial score (nSPS) is 12.0. The molecule has 0 radical (unpaired) electrons. The molecule has 0 unspecified atom stereocenters. The molecular weight excluding hydrogens is 560 g/mol. The third-order valence-corrected chi connectivity index (χ3v) is 8.83. The van der Waals surface area contributed by atoms with Gasteiger partial charge in [-0.2, -0.15) is 10.1 Å². The van der Waals surface area contributed by atoms with Crippen molar-refractivity contribution >= 4 is 64.8 Å². The van der Waals surface area contributed by atoms with Gasteiger partial charge in [-0.15, -0.1) is 0 Å². The second kappa shape index (κ2) is 11.4. The average Bonchev–Trinajstić information content (AvgIpc) is 3.30. The van der Waals surface area contributed by atoms with Crippen LogP contribution in [0.1, 0.15) is 35.7 Å². The first-order chi connectivity index (χ1) is 17.3. The Morgan fingerprint density at radius 1 is 1.08 bits per heavy atom. The molecule has 0 bridgehead atoms. The van der Waals surface area contributed by atoms with Crippen LogP contribution >= 0.6 is 27.3 Å². The van der Waals surface area contributed by atoms with Gasteiger partial charge in [-0.25, -0.2) is 17.7 Å². The first kappa shape index (κ1) is 26.2. The lowest BCUT2D eigenvalue weighted by Crippen LogP contribution is -2.28. The number of unbranched alkanes of at least 4 members (excludes halogenated alkanes) is 1. The van der Waals surface area contributed by atoms with E-state index in [2.05, 4.69) is 26.0 Å². The number of amides is 1. The molecule has 0 spiro atoms. The molecule has 1 heterocycles. The van der Waals surface area contributed by atoms with E-state index in [0.717, 1.165) is 33.1 Å². The number of carbonyl (C=O) groups excluding carboxylic acids is 1. The lowest BCUT2D eigenvalue weighted by Gasteiger charge is -2.17. The van der Waals surface area contributed by atoms with E-state index in [1.165, 1.54) is 44.9 Å². The Kier molecular flexibility index (Phi) is 8.30. The van der Waals surface area contributed by atoms with Crippen LogP contribution in [0.5, 0.6) is 0 Å². The molecule has 0 atom stereocenters. The van der Waals surface area contributed by atoms with Crippen molar-refractivity contribution in [3.63, 3.8) is 0 Å². The molecule has 1 amide bonds. The van der Waals surface area contributed by atoms with E-state index >= 15 is 0 Å². The fourth-order valence-corrected chi connectivity index (χ4v) is 6.09. The Balaban J connectivity index is 1.67. The molecule has 0 aliphatic rings. The molecule has 3 aromatic carbocycles. The Bertz CT molecular complexity index is 1490. The van der Waals surface area contributed by atoms with Gasteiger partial charge in [-0.05, 0) is 54.4 Å². The highest BCUT2D eigenvalue weighted by Crippen LogP contribution is 2.32. The summed E-state index contributed by atoms with van der Waals surface area (Å²) in [6, 6.07) is 21.1. The number of anilines is 1. The molecule has 0 aliphatic carbocycles. The van der Waals surface area contributed by atoms with Crippen LogP contribution in [0.4, 0.5) is 5.13 Å². The summed E-state index contributed by atoms with van der Waals surface area (Å²) in [6.07, 6.45) is 3.27. The van der Waals surface area contributed by atoms with Crippen molar-refractivity contribution in [2.45, 2.75) is 24.7 Å². The second-order valence-electron chi connectivity index (χ2n) is 8.09. The third kappa shape index (κ3) is 5.89. The summed E-state index contributed by atoms with van der Waals surface area (Å²) >= 11 is 4.81. The van der Waals surface area contributed by atoms with Gasteiger partial charge in [-0.1, -0.05) is 70.9 Å². The van der Waals surface area contributed by atoms with E-state index in [9.17, 15) is 13.2 Å². The van der Waals surface area contributed by atoms with Crippen molar-refractivity contribution < 1.29 is 13.2 Å². The molecule has 0 saturated heterocycles. The Morgan fingerprint density at radius 2 is 1.81 bits per heavy atom. The fourth-order valence-electron chi connectivity index (χ4n) is 3.40. The zero-order valence-corrected chi connectivity index (χ0v) is 23.1. The maximum absolute atomic E-state index is 13.6. The number of hydrogen-bond acceptors (Lipinski definition) is 6. The van der Waals surface area contributed by atoms with Gasteiger partial charge in [0.1, 0.15) is 0 Å². The Morgan fingerprint density at radius 3 is 2.50 bits per heavy atom. The minimum absolute atomic E-state index is 0.141. The number of halogens is 1. The second-order valence-corrected chi connectivity index (χ2v) is 12.1. The predicted molar refractivity (Wildman–Crippen MR) is 149 cm³/mol. The standard InChI is InChI=1S/C26H25BrN4O3S2/c1-3-4-16-30(2)36(33,34)22-13-10-20(11-14-22)25(32)31(28-18-19-8-6-5-7-9-19)26-29-23-15-12-21(27)17-24(23)35-26/h5-15,17-18H,3-4,16H2,1-2H3/b28-18+. The highest BCUT2D eigenvalue weighted by Gasteiger charge is 2.24. The lowest BCUT2D eigenvalue weighted by atomic mass is 10.2. The first-order valence-corrected chi connectivity index (χ1v) is 14.4. The van der Waals surface area contributed by atoms with E-state index in [1.54, 1.807) is 13.3 Å². The smallest absolute Gasteiger partial charge is 0.267 e. The Hall–Kier alpha value is -2.92. The van der Waals surface area contributed by atoms with Crippen LogP contribution in [0, 0.1) is 0 Å². The van der Waals surface area contributed by atoms with E-state index in [-0.39, 0.29) is 4.90 Å². The van der Waals surface area contributed by atoms with Crippen molar-refractivity contribution in [1.29, 1.82) is 0 Å². The maximum atomic E-state index is 13.6. The van der Waals surface area contributed by atoms with Crippen LogP contribution in [-0.2, 0) is 10.0 Å². The van der Waals surface area contributed by atoms with Crippen LogP contribution in [-0.4, -0.2) is 43.4 Å². The average molecular weight is 586 g/mol. The summed E-state index contributed by atoms with van der Waals surface area (Å²) in [5.41, 5.74) is 1.88. The number of carbonyl (C=O) groups is 1. The van der Waals surface area contributed by atoms with Gasteiger partial charge in [0.05, 0.1) is 21.3 Å². The minimum atomic E-state index is -3.63. The van der Waals surface area contributed by atoms with Crippen molar-refractivity contribution in [2.75, 3.05) is 18.6 Å². The number of hydrogen-bond donors (Lipinski definition) is 0. The molecule has 36 heavy (non-hydrogen) atoms. The number of thiazole rings is 1. The van der Waals surface area contributed by atoms with Gasteiger partial charge in [0.25, 0.3) is 5.91 Å². The minimum Gasteiger partial charge on any atom is -0.267 e. The van der Waals surface area contributed by atoms with Crippen molar-refractivity contribution in [3.05, 3.63) is 88.4 Å². The molecule has 0 saturated carbocycles. The SMILES string of the molecule is CCCCN(C)S(=O)(=O)c1ccc(C(=O)N(/N=C/c2ccccc2)c2nc3ccc(Br)cc3s2)cc1. The monoisotopic (exact) mass is 584 g/mol. The quantitative estimate of drug-likeness (QED) is 0.174. The summed E-state index contributed by atoms with van der Waals surface area (Å²) in [7, 11) is -2.06. The van der Waals surface area contributed by atoms with Gasteiger partial charge in [-0.3, -0.25) is 4.79 Å². The predicted octanol–water partition coefficient (Wildman–Crippen LogP) is 6.16. The van der Waals surface area contributed by atoms with E-state index in [1.807, 2.05) is 55.5 Å². The van der Waals surface area contributed by atoms with E-state index < -0.39 is 15.9 Å².